The van der Waals surface area contributed by atoms with Crippen LogP contribution in [-0.2, 0) is 9.53 Å². The lowest BCUT2D eigenvalue weighted by Gasteiger charge is -2.32. The molecule has 4 heteroatoms. The van der Waals surface area contributed by atoms with Crippen LogP contribution in [0.5, 0.6) is 0 Å². The van der Waals surface area contributed by atoms with E-state index in [1.165, 1.54) is 0 Å². The third-order valence-corrected chi connectivity index (χ3v) is 4.63. The average molecular weight is 311 g/mol. The Morgan fingerprint density at radius 3 is 2.17 bits per heavy atom. The third-order valence-electron chi connectivity index (χ3n) is 4.63. The van der Waals surface area contributed by atoms with Gasteiger partial charge in [-0.25, -0.2) is 0 Å². The van der Waals surface area contributed by atoms with E-state index in [9.17, 15) is 9.90 Å². The van der Waals surface area contributed by atoms with Gasteiger partial charge in [0.2, 0.25) is 0 Å². The number of hydrogen-bond acceptors (Lipinski definition) is 3. The highest BCUT2D eigenvalue weighted by Gasteiger charge is 2.50. The third kappa shape index (κ3) is 2.76. The lowest BCUT2D eigenvalue weighted by Crippen LogP contribution is -2.37. The Kier molecular flexibility index (Phi) is 4.46. The minimum atomic E-state index is -1.05. The molecule has 0 radical (unpaired) electrons. The first-order chi connectivity index (χ1) is 11.1. The number of rotatable bonds is 4. The molecule has 0 saturated carbocycles. The van der Waals surface area contributed by atoms with Crippen LogP contribution in [-0.4, -0.2) is 42.2 Å². The summed E-state index contributed by atoms with van der Waals surface area (Å²) in [5, 5.41) is 10.5. The zero-order valence-electron chi connectivity index (χ0n) is 13.3. The molecule has 4 nitrogen and oxygen atoms in total. The van der Waals surface area contributed by atoms with Crippen LogP contribution in [0.25, 0.3) is 0 Å². The van der Waals surface area contributed by atoms with Gasteiger partial charge in [0, 0.05) is 20.1 Å². The highest BCUT2D eigenvalue weighted by Crippen LogP contribution is 2.41. The molecule has 0 aliphatic carbocycles. The number of carbonyl (C=O) groups excluding carboxylic acids is 1. The molecule has 4 unspecified atom stereocenters. The number of aliphatic hydroxyl groups is 1. The van der Waals surface area contributed by atoms with Crippen molar-refractivity contribution < 1.29 is 14.6 Å². The summed E-state index contributed by atoms with van der Waals surface area (Å²) in [7, 11) is 3.37. The van der Waals surface area contributed by atoms with Gasteiger partial charge >= 0.3 is 0 Å². The summed E-state index contributed by atoms with van der Waals surface area (Å²) in [4.78, 5) is 14.0. The molecule has 1 aliphatic rings. The molecule has 0 aromatic heterocycles. The van der Waals surface area contributed by atoms with Crippen LogP contribution < -0.4 is 0 Å². The van der Waals surface area contributed by atoms with E-state index in [1.54, 1.807) is 19.1 Å². The second kappa shape index (κ2) is 6.52. The van der Waals surface area contributed by atoms with Gasteiger partial charge in [0.15, 0.2) is 0 Å². The summed E-state index contributed by atoms with van der Waals surface area (Å²) >= 11 is 0. The average Bonchev–Trinajstić information content (AvgIpc) is 2.82. The van der Waals surface area contributed by atoms with Crippen molar-refractivity contribution in [2.45, 2.75) is 24.2 Å². The number of methoxy groups -OCH3 is 1. The van der Waals surface area contributed by atoms with Crippen molar-refractivity contribution in [1.29, 1.82) is 0 Å². The summed E-state index contributed by atoms with van der Waals surface area (Å²) in [6.45, 7) is 0. The van der Waals surface area contributed by atoms with Crippen LogP contribution in [0, 0.1) is 0 Å². The predicted octanol–water partition coefficient (Wildman–Crippen LogP) is 2.36. The number of hydrogen-bond donors (Lipinski definition) is 1. The molecule has 1 aliphatic heterocycles. The highest BCUT2D eigenvalue weighted by molar-refractivity contribution is 5.85. The van der Waals surface area contributed by atoms with E-state index in [2.05, 4.69) is 0 Å². The Morgan fingerprint density at radius 1 is 1.04 bits per heavy atom. The standard InChI is InChI=1S/C19H21NO3/c1-20-16(18(23-2)14-11-7-4-8-12-14)15(17(21)19(20)22)13-9-5-3-6-10-13/h3-12,15-18,21H,1-2H3. The monoisotopic (exact) mass is 311 g/mol. The van der Waals surface area contributed by atoms with Gasteiger partial charge in [-0.2, -0.15) is 0 Å². The van der Waals surface area contributed by atoms with Crippen LogP contribution >= 0.6 is 0 Å². The second-order valence-electron chi connectivity index (χ2n) is 5.89. The fourth-order valence-electron chi connectivity index (χ4n) is 3.50. The van der Waals surface area contributed by atoms with Gasteiger partial charge in [-0.15, -0.1) is 0 Å². The van der Waals surface area contributed by atoms with Gasteiger partial charge in [0.05, 0.1) is 6.04 Å². The van der Waals surface area contributed by atoms with Crippen molar-refractivity contribution in [1.82, 2.24) is 4.90 Å². The number of likely N-dealkylation sites (tertiary alicyclic amines) is 1. The van der Waals surface area contributed by atoms with Crippen LogP contribution in [0.15, 0.2) is 60.7 Å². The Balaban J connectivity index is 2.04. The number of aliphatic hydroxyl groups excluding tert-OH is 1. The molecule has 2 aromatic carbocycles. The fraction of sp³-hybridized carbons (Fsp3) is 0.316. The van der Waals surface area contributed by atoms with Crippen molar-refractivity contribution in [3.8, 4) is 0 Å². The van der Waals surface area contributed by atoms with Crippen molar-refractivity contribution in [2.75, 3.05) is 14.2 Å². The molecule has 1 amide bonds. The molecule has 23 heavy (non-hydrogen) atoms. The summed E-state index contributed by atoms with van der Waals surface area (Å²) < 4.78 is 5.73. The number of carbonyl (C=O) groups is 1. The molecule has 0 bridgehead atoms. The van der Waals surface area contributed by atoms with Gasteiger partial charge in [0.25, 0.3) is 5.91 Å². The predicted molar refractivity (Wildman–Crippen MR) is 87.9 cm³/mol. The Hall–Kier alpha value is -2.17. The number of ether oxygens (including phenoxy) is 1. The summed E-state index contributed by atoms with van der Waals surface area (Å²) in [6.07, 6.45) is -1.35. The summed E-state index contributed by atoms with van der Waals surface area (Å²) in [6, 6.07) is 19.2. The number of likely N-dealkylation sites (N-methyl/N-ethyl adjacent to an activating group) is 1. The fourth-order valence-corrected chi connectivity index (χ4v) is 3.50. The molecule has 120 valence electrons. The van der Waals surface area contributed by atoms with Crippen LogP contribution in [0.4, 0.5) is 0 Å². The van der Waals surface area contributed by atoms with E-state index in [0.29, 0.717) is 0 Å². The molecule has 1 heterocycles. The van der Waals surface area contributed by atoms with Crippen molar-refractivity contribution in [3.05, 3.63) is 71.8 Å². The van der Waals surface area contributed by atoms with E-state index in [0.717, 1.165) is 11.1 Å². The normalized spacial score (nSPS) is 25.6. The first kappa shape index (κ1) is 15.7. The van der Waals surface area contributed by atoms with Crippen molar-refractivity contribution in [3.63, 3.8) is 0 Å². The SMILES string of the molecule is COC(c1ccccc1)C1C(c2ccccc2)C(O)C(=O)N1C. The molecule has 4 atom stereocenters. The molecule has 1 fully saturated rings. The van der Waals surface area contributed by atoms with E-state index in [1.807, 2.05) is 60.7 Å². The lowest BCUT2D eigenvalue weighted by atomic mass is 9.85. The highest BCUT2D eigenvalue weighted by atomic mass is 16.5. The molecule has 3 rings (SSSR count). The molecule has 2 aromatic rings. The van der Waals surface area contributed by atoms with Crippen LogP contribution in [0.3, 0.4) is 0 Å². The molecular weight excluding hydrogens is 290 g/mol. The van der Waals surface area contributed by atoms with Crippen molar-refractivity contribution in [2.24, 2.45) is 0 Å². The second-order valence-corrected chi connectivity index (χ2v) is 5.89. The summed E-state index contributed by atoms with van der Waals surface area (Å²) in [5.74, 6) is -0.583. The maximum atomic E-state index is 12.4. The van der Waals surface area contributed by atoms with Gasteiger partial charge in [-0.05, 0) is 11.1 Å². The maximum absolute atomic E-state index is 12.4. The molecule has 1 N–H and O–H groups in total. The molecule has 1 saturated heterocycles. The van der Waals surface area contributed by atoms with E-state index < -0.39 is 6.10 Å². The van der Waals surface area contributed by atoms with E-state index >= 15 is 0 Å². The number of amides is 1. The number of nitrogens with zero attached hydrogens (tertiary/aromatic N) is 1. The Morgan fingerprint density at radius 2 is 1.61 bits per heavy atom. The van der Waals surface area contributed by atoms with Crippen LogP contribution in [0.2, 0.25) is 0 Å². The van der Waals surface area contributed by atoms with Gasteiger partial charge < -0.3 is 14.7 Å². The van der Waals surface area contributed by atoms with E-state index in [4.69, 9.17) is 4.74 Å². The minimum Gasteiger partial charge on any atom is -0.383 e. The Bertz CT molecular complexity index is 659. The van der Waals surface area contributed by atoms with Crippen LogP contribution in [0.1, 0.15) is 23.1 Å². The maximum Gasteiger partial charge on any atom is 0.252 e. The molecule has 0 spiro atoms. The Labute approximate surface area is 136 Å². The van der Waals surface area contributed by atoms with Crippen molar-refractivity contribution >= 4 is 5.91 Å². The lowest BCUT2D eigenvalue weighted by molar-refractivity contribution is -0.135. The zero-order chi connectivity index (χ0) is 16.4. The van der Waals surface area contributed by atoms with Gasteiger partial charge in [0.1, 0.15) is 12.2 Å². The smallest absolute Gasteiger partial charge is 0.252 e. The zero-order valence-corrected chi connectivity index (χ0v) is 13.3. The van der Waals surface area contributed by atoms with E-state index in [-0.39, 0.29) is 24.0 Å². The minimum absolute atomic E-state index is 0.257. The summed E-state index contributed by atoms with van der Waals surface area (Å²) in [5.41, 5.74) is 1.94. The first-order valence-corrected chi connectivity index (χ1v) is 7.72. The number of benzene rings is 2. The van der Waals surface area contributed by atoms with Gasteiger partial charge in [-0.3, -0.25) is 4.79 Å². The quantitative estimate of drug-likeness (QED) is 0.943. The largest absolute Gasteiger partial charge is 0.383 e. The topological polar surface area (TPSA) is 49.8 Å². The first-order valence-electron chi connectivity index (χ1n) is 7.72. The molecular formula is C19H21NO3. The van der Waals surface area contributed by atoms with Gasteiger partial charge in [-0.1, -0.05) is 60.7 Å².